The van der Waals surface area contributed by atoms with Gasteiger partial charge in [-0.15, -0.1) is 5.10 Å². The number of methoxy groups -OCH3 is 1. The number of anilines is 2. The van der Waals surface area contributed by atoms with Crippen LogP contribution in [0.1, 0.15) is 58.3 Å². The van der Waals surface area contributed by atoms with E-state index in [4.69, 9.17) is 15.5 Å². The summed E-state index contributed by atoms with van der Waals surface area (Å²) in [4.78, 5) is 11.5. The van der Waals surface area contributed by atoms with E-state index in [1.807, 2.05) is 19.3 Å². The Balaban J connectivity index is 1.48. The minimum absolute atomic E-state index is 0.0544. The van der Waals surface area contributed by atoms with Crippen molar-refractivity contribution in [2.24, 2.45) is 0 Å². The minimum Gasteiger partial charge on any atom is -0.494 e. The number of aliphatic hydroxyl groups is 1. The van der Waals surface area contributed by atoms with Gasteiger partial charge < -0.3 is 20.5 Å². The first kappa shape index (κ1) is 23.3. The quantitative estimate of drug-likeness (QED) is 0.445. The highest BCUT2D eigenvalue weighted by molar-refractivity contribution is 5.93. The number of hydrogen-bond acceptors (Lipinski definition) is 8. The molecule has 4 heterocycles. The van der Waals surface area contributed by atoms with Crippen molar-refractivity contribution < 1.29 is 14.2 Å². The third kappa shape index (κ3) is 4.03. The zero-order valence-electron chi connectivity index (χ0n) is 20.6. The summed E-state index contributed by atoms with van der Waals surface area (Å²) in [6.07, 6.45) is 5.68. The van der Waals surface area contributed by atoms with Crippen molar-refractivity contribution in [1.29, 1.82) is 0 Å². The first-order chi connectivity index (χ1) is 16.6. The molecule has 1 saturated heterocycles. The van der Waals surface area contributed by atoms with Crippen LogP contribution < -0.4 is 15.4 Å². The molecule has 3 aromatic heterocycles. The monoisotopic (exact) mass is 482 g/mol. The predicted octanol–water partition coefficient (Wildman–Crippen LogP) is 3.31. The summed E-state index contributed by atoms with van der Waals surface area (Å²) in [6.45, 7) is 8.39. The molecular weight excluding hydrogens is 451 g/mol. The number of rotatable bonds is 5. The highest BCUT2D eigenvalue weighted by atomic mass is 19.1. The molecule has 0 bridgehead atoms. The first-order valence-electron chi connectivity index (χ1n) is 11.8. The van der Waals surface area contributed by atoms with E-state index in [2.05, 4.69) is 27.0 Å². The van der Waals surface area contributed by atoms with E-state index in [0.29, 0.717) is 35.0 Å². The first-order valence-corrected chi connectivity index (χ1v) is 11.8. The van der Waals surface area contributed by atoms with Gasteiger partial charge in [-0.05, 0) is 46.6 Å². The van der Waals surface area contributed by atoms with Gasteiger partial charge in [0.15, 0.2) is 23.0 Å². The van der Waals surface area contributed by atoms with Crippen LogP contribution >= 0.6 is 0 Å². The lowest BCUT2D eigenvalue weighted by Gasteiger charge is -2.38. The zero-order valence-corrected chi connectivity index (χ0v) is 20.6. The SMILES string of the molecule is COc1cc2nc(N)n3nc([C@@H]4CC[C@H](C)N(c5cnn([C@@H](C)C(C)(C)O)c5)C4)nc3c2cc1F. The smallest absolute Gasteiger partial charge is 0.223 e. The number of piperidine rings is 1. The zero-order chi connectivity index (χ0) is 25.1. The van der Waals surface area contributed by atoms with Crippen molar-refractivity contribution >= 4 is 28.2 Å². The van der Waals surface area contributed by atoms with Crippen molar-refractivity contribution in [2.75, 3.05) is 24.3 Å². The summed E-state index contributed by atoms with van der Waals surface area (Å²) in [5.41, 5.74) is 7.25. The number of ether oxygens (including phenoxy) is 1. The number of halogens is 1. The summed E-state index contributed by atoms with van der Waals surface area (Å²) in [5, 5.41) is 20.1. The Kier molecular flexibility index (Phi) is 5.54. The maximum absolute atomic E-state index is 14.5. The molecule has 1 aromatic carbocycles. The van der Waals surface area contributed by atoms with Crippen molar-refractivity contribution in [3.05, 3.63) is 36.2 Å². The van der Waals surface area contributed by atoms with Crippen molar-refractivity contribution in [1.82, 2.24) is 29.4 Å². The van der Waals surface area contributed by atoms with E-state index in [1.54, 1.807) is 18.5 Å². The van der Waals surface area contributed by atoms with Gasteiger partial charge in [0.2, 0.25) is 5.95 Å². The van der Waals surface area contributed by atoms with Gasteiger partial charge in [-0.25, -0.2) is 14.4 Å². The van der Waals surface area contributed by atoms with E-state index in [0.717, 1.165) is 18.5 Å². The van der Waals surface area contributed by atoms with Gasteiger partial charge in [-0.3, -0.25) is 4.68 Å². The Morgan fingerprint density at radius 2 is 2.03 bits per heavy atom. The van der Waals surface area contributed by atoms with Crippen LogP contribution in [0, 0.1) is 5.82 Å². The lowest BCUT2D eigenvalue weighted by Crippen LogP contribution is -2.41. The van der Waals surface area contributed by atoms with Crippen molar-refractivity contribution in [3.63, 3.8) is 0 Å². The second kappa shape index (κ2) is 8.33. The lowest BCUT2D eigenvalue weighted by atomic mass is 9.92. The molecule has 0 radical (unpaired) electrons. The van der Waals surface area contributed by atoms with Gasteiger partial charge in [0, 0.05) is 36.2 Å². The molecule has 10 nitrogen and oxygen atoms in total. The fourth-order valence-electron chi connectivity index (χ4n) is 4.67. The molecular formula is C24H31FN8O2. The summed E-state index contributed by atoms with van der Waals surface area (Å²) < 4.78 is 22.8. The predicted molar refractivity (Wildman–Crippen MR) is 131 cm³/mol. The Labute approximate surface area is 202 Å². The topological polar surface area (TPSA) is 120 Å². The van der Waals surface area contributed by atoms with Crippen molar-refractivity contribution in [2.45, 2.75) is 64.1 Å². The lowest BCUT2D eigenvalue weighted by molar-refractivity contribution is 0.0258. The molecule has 1 aliphatic heterocycles. The summed E-state index contributed by atoms with van der Waals surface area (Å²) in [7, 11) is 1.41. The van der Waals surface area contributed by atoms with E-state index in [-0.39, 0.29) is 23.7 Å². The molecule has 0 aliphatic carbocycles. The van der Waals surface area contributed by atoms with Gasteiger partial charge in [-0.1, -0.05) is 0 Å². The molecule has 1 fully saturated rings. The maximum Gasteiger partial charge on any atom is 0.223 e. The number of nitrogen functional groups attached to an aromatic ring is 1. The highest BCUT2D eigenvalue weighted by Crippen LogP contribution is 2.34. The number of benzene rings is 1. The van der Waals surface area contributed by atoms with Crippen LogP contribution in [0.4, 0.5) is 16.0 Å². The fraction of sp³-hybridized carbons (Fsp3) is 0.500. The van der Waals surface area contributed by atoms with Gasteiger partial charge in [0.05, 0.1) is 36.2 Å². The number of aromatic nitrogens is 6. The Morgan fingerprint density at radius 3 is 2.74 bits per heavy atom. The van der Waals surface area contributed by atoms with Gasteiger partial charge in [0.25, 0.3) is 0 Å². The van der Waals surface area contributed by atoms with E-state index >= 15 is 0 Å². The number of nitrogens with two attached hydrogens (primary N) is 1. The molecule has 0 unspecified atom stereocenters. The largest absolute Gasteiger partial charge is 0.494 e. The van der Waals surface area contributed by atoms with Crippen LogP contribution in [-0.4, -0.2) is 59.8 Å². The van der Waals surface area contributed by atoms with Crippen LogP contribution in [-0.2, 0) is 0 Å². The Morgan fingerprint density at radius 1 is 1.26 bits per heavy atom. The average Bonchev–Trinajstić information content (AvgIpc) is 3.47. The third-order valence-electron chi connectivity index (χ3n) is 7.17. The van der Waals surface area contributed by atoms with Crippen molar-refractivity contribution in [3.8, 4) is 5.75 Å². The standard InChI is InChI=1S/C24H31FN8O2/c1-13-6-7-15(11-31(13)16-10-27-32(12-16)14(2)24(3,4)34)21-29-22-17-8-18(25)20(35-5)9-19(17)28-23(26)33(22)30-21/h8-10,12-15,34H,6-7,11H2,1-5H3,(H2,26,28)/t13-,14-,15+/m0/s1. The number of nitrogens with zero attached hydrogens (tertiary/aromatic N) is 7. The number of fused-ring (bicyclic) bond motifs is 3. The Bertz CT molecular complexity index is 1390. The van der Waals surface area contributed by atoms with Gasteiger partial charge >= 0.3 is 0 Å². The second-order valence-corrected chi connectivity index (χ2v) is 9.96. The van der Waals surface area contributed by atoms with Gasteiger partial charge in [0.1, 0.15) is 0 Å². The van der Waals surface area contributed by atoms with E-state index in [9.17, 15) is 9.50 Å². The van der Waals surface area contributed by atoms with Crippen LogP contribution in [0.15, 0.2) is 24.5 Å². The third-order valence-corrected chi connectivity index (χ3v) is 7.17. The molecule has 3 N–H and O–H groups in total. The molecule has 5 rings (SSSR count). The van der Waals surface area contributed by atoms with Crippen LogP contribution in [0.25, 0.3) is 16.6 Å². The second-order valence-electron chi connectivity index (χ2n) is 9.96. The molecule has 1 aliphatic rings. The molecule has 0 spiro atoms. The van der Waals surface area contributed by atoms with Crippen LogP contribution in [0.5, 0.6) is 5.75 Å². The Hall–Kier alpha value is -3.47. The molecule has 0 saturated carbocycles. The molecule has 11 heteroatoms. The molecule has 35 heavy (non-hydrogen) atoms. The normalized spacial score (nSPS) is 20.0. The summed E-state index contributed by atoms with van der Waals surface area (Å²) in [5.74, 6) is 0.496. The van der Waals surface area contributed by atoms with Gasteiger partial charge in [-0.2, -0.15) is 9.61 Å². The molecule has 186 valence electrons. The van der Waals surface area contributed by atoms with Crippen LogP contribution in [0.3, 0.4) is 0 Å². The summed E-state index contributed by atoms with van der Waals surface area (Å²) >= 11 is 0. The maximum atomic E-state index is 14.5. The van der Waals surface area contributed by atoms with E-state index < -0.39 is 11.4 Å². The molecule has 0 amide bonds. The summed E-state index contributed by atoms with van der Waals surface area (Å²) in [6, 6.07) is 3.02. The minimum atomic E-state index is -0.889. The molecule has 4 aromatic rings. The van der Waals surface area contributed by atoms with Crippen LogP contribution in [0.2, 0.25) is 0 Å². The number of hydrogen-bond donors (Lipinski definition) is 2. The highest BCUT2D eigenvalue weighted by Gasteiger charge is 2.32. The average molecular weight is 483 g/mol. The fourth-order valence-corrected chi connectivity index (χ4v) is 4.67. The van der Waals surface area contributed by atoms with E-state index in [1.165, 1.54) is 23.8 Å². The molecule has 3 atom stereocenters.